The fourth-order valence-corrected chi connectivity index (χ4v) is 4.61. The van der Waals surface area contributed by atoms with Gasteiger partial charge in [-0.25, -0.2) is 4.79 Å². The van der Waals surface area contributed by atoms with Gasteiger partial charge in [0, 0.05) is 30.3 Å². The number of H-pyrrole nitrogens is 1. The number of carbonyl (C=O) groups excluding carboxylic acids is 1. The van der Waals surface area contributed by atoms with E-state index >= 15 is 0 Å². The van der Waals surface area contributed by atoms with E-state index in [1.54, 1.807) is 4.90 Å². The fraction of sp³-hybridized carbons (Fsp3) is 0.583. The van der Waals surface area contributed by atoms with Gasteiger partial charge >= 0.3 is 6.03 Å². The van der Waals surface area contributed by atoms with E-state index in [0.29, 0.717) is 12.1 Å². The minimum Gasteiger partial charge on any atom is -0.376 e. The smallest absolute Gasteiger partial charge is 0.318 e. The van der Waals surface area contributed by atoms with Gasteiger partial charge < -0.3 is 19.9 Å². The molecule has 2 heterocycles. The van der Waals surface area contributed by atoms with E-state index in [2.05, 4.69) is 23.3 Å². The summed E-state index contributed by atoms with van der Waals surface area (Å²) in [5.41, 5.74) is 3.66. The summed E-state index contributed by atoms with van der Waals surface area (Å²) >= 11 is 0. The molecule has 1 aromatic heterocycles. The zero-order valence-electron chi connectivity index (χ0n) is 18.1. The maximum Gasteiger partial charge on any atom is 0.318 e. The van der Waals surface area contributed by atoms with E-state index in [0.717, 1.165) is 48.8 Å². The summed E-state index contributed by atoms with van der Waals surface area (Å²) in [4.78, 5) is 30.7. The van der Waals surface area contributed by atoms with E-state index < -0.39 is 0 Å². The third-order valence-corrected chi connectivity index (χ3v) is 6.56. The van der Waals surface area contributed by atoms with Crippen molar-refractivity contribution in [2.45, 2.75) is 77.5 Å². The predicted octanol–water partition coefficient (Wildman–Crippen LogP) is 4.17. The number of hydrogen-bond donors (Lipinski definition) is 2. The van der Waals surface area contributed by atoms with Crippen molar-refractivity contribution in [3.05, 3.63) is 45.2 Å². The Labute approximate surface area is 178 Å². The number of amides is 2. The standard InChI is InChI=1S/C24H33N3O3/c1-16-11-18-13-19(23(28)26-22(18)12-17(16)2)14-27(15-21-9-6-10-30-21)24(29)25-20-7-4-3-5-8-20/h11-13,20-21H,3-10,14-15H2,1-2H3,(H,25,29)(H,26,28)/t21-/m1/s1. The van der Waals surface area contributed by atoms with Crippen LogP contribution in [0.2, 0.25) is 0 Å². The molecule has 30 heavy (non-hydrogen) atoms. The van der Waals surface area contributed by atoms with E-state index in [1.807, 2.05) is 19.1 Å². The number of nitrogens with one attached hydrogen (secondary N) is 2. The highest BCUT2D eigenvalue weighted by Crippen LogP contribution is 2.21. The second kappa shape index (κ2) is 9.21. The van der Waals surface area contributed by atoms with Gasteiger partial charge in [0.05, 0.1) is 12.6 Å². The quantitative estimate of drug-likeness (QED) is 0.775. The van der Waals surface area contributed by atoms with E-state index in [9.17, 15) is 9.59 Å². The van der Waals surface area contributed by atoms with Crippen molar-refractivity contribution in [1.29, 1.82) is 0 Å². The zero-order valence-corrected chi connectivity index (χ0v) is 18.1. The number of benzene rings is 1. The van der Waals surface area contributed by atoms with Crippen molar-refractivity contribution >= 4 is 16.9 Å². The lowest BCUT2D eigenvalue weighted by Crippen LogP contribution is -2.48. The molecule has 162 valence electrons. The van der Waals surface area contributed by atoms with Crippen LogP contribution in [0.1, 0.15) is 61.6 Å². The number of hydrogen-bond acceptors (Lipinski definition) is 3. The average Bonchev–Trinajstić information content (AvgIpc) is 3.23. The van der Waals surface area contributed by atoms with Gasteiger partial charge in [-0.1, -0.05) is 19.3 Å². The van der Waals surface area contributed by atoms with Crippen LogP contribution in [-0.4, -0.2) is 41.2 Å². The second-order valence-electron chi connectivity index (χ2n) is 8.95. The maximum absolute atomic E-state index is 13.1. The summed E-state index contributed by atoms with van der Waals surface area (Å²) in [6.45, 7) is 5.67. The Balaban J connectivity index is 1.56. The van der Waals surface area contributed by atoms with Crippen LogP contribution in [0.5, 0.6) is 0 Å². The Morgan fingerprint density at radius 1 is 1.10 bits per heavy atom. The lowest BCUT2D eigenvalue weighted by molar-refractivity contribution is 0.0784. The van der Waals surface area contributed by atoms with Gasteiger partial charge in [-0.2, -0.15) is 0 Å². The first kappa shape index (κ1) is 20.9. The van der Waals surface area contributed by atoms with Gasteiger partial charge in [0.1, 0.15) is 0 Å². The van der Waals surface area contributed by atoms with E-state index in [1.165, 1.54) is 24.8 Å². The number of ether oxygens (including phenoxy) is 1. The molecular formula is C24H33N3O3. The number of pyridine rings is 1. The molecule has 1 saturated heterocycles. The zero-order chi connectivity index (χ0) is 21.1. The van der Waals surface area contributed by atoms with Gasteiger partial charge in [-0.3, -0.25) is 4.79 Å². The van der Waals surface area contributed by atoms with Gasteiger partial charge in [0.15, 0.2) is 0 Å². The van der Waals surface area contributed by atoms with E-state index in [4.69, 9.17) is 4.74 Å². The molecule has 2 N–H and O–H groups in total. The number of fused-ring (bicyclic) bond motifs is 1. The Morgan fingerprint density at radius 3 is 2.60 bits per heavy atom. The van der Waals surface area contributed by atoms with Crippen LogP contribution < -0.4 is 10.9 Å². The van der Waals surface area contributed by atoms with Gasteiger partial charge in [-0.05, 0) is 74.2 Å². The van der Waals surface area contributed by atoms with Crippen molar-refractivity contribution in [2.75, 3.05) is 13.2 Å². The summed E-state index contributed by atoms with van der Waals surface area (Å²) < 4.78 is 5.78. The lowest BCUT2D eigenvalue weighted by Gasteiger charge is -2.29. The van der Waals surface area contributed by atoms with E-state index in [-0.39, 0.29) is 30.3 Å². The molecule has 2 aliphatic rings. The number of urea groups is 1. The van der Waals surface area contributed by atoms with Crippen molar-refractivity contribution in [3.63, 3.8) is 0 Å². The second-order valence-corrected chi connectivity index (χ2v) is 8.95. The number of nitrogens with zero attached hydrogens (tertiary/aromatic N) is 1. The number of aryl methyl sites for hydroxylation is 2. The van der Waals surface area contributed by atoms with Crippen LogP contribution in [0.3, 0.4) is 0 Å². The highest BCUT2D eigenvalue weighted by molar-refractivity contribution is 5.81. The molecule has 1 atom stereocenters. The van der Waals surface area contributed by atoms with Crippen LogP contribution in [0.4, 0.5) is 4.79 Å². The molecule has 6 heteroatoms. The first-order valence-electron chi connectivity index (χ1n) is 11.3. The Kier molecular flexibility index (Phi) is 6.42. The van der Waals surface area contributed by atoms with Crippen LogP contribution in [0.25, 0.3) is 10.9 Å². The first-order chi connectivity index (χ1) is 14.5. The molecule has 2 aromatic rings. The topological polar surface area (TPSA) is 74.4 Å². The molecular weight excluding hydrogens is 378 g/mol. The third kappa shape index (κ3) is 4.86. The first-order valence-corrected chi connectivity index (χ1v) is 11.3. The summed E-state index contributed by atoms with van der Waals surface area (Å²) in [6, 6.07) is 6.18. The third-order valence-electron chi connectivity index (χ3n) is 6.56. The normalized spacial score (nSPS) is 19.9. The average molecular weight is 412 g/mol. The highest BCUT2D eigenvalue weighted by Gasteiger charge is 2.25. The molecule has 6 nitrogen and oxygen atoms in total. The molecule has 0 bridgehead atoms. The summed E-state index contributed by atoms with van der Waals surface area (Å²) in [5.74, 6) is 0. The fourth-order valence-electron chi connectivity index (χ4n) is 4.61. The van der Waals surface area contributed by atoms with Crippen LogP contribution in [0, 0.1) is 13.8 Å². The monoisotopic (exact) mass is 411 g/mol. The maximum atomic E-state index is 13.1. The Morgan fingerprint density at radius 2 is 1.87 bits per heavy atom. The van der Waals surface area contributed by atoms with Gasteiger partial charge in [-0.15, -0.1) is 0 Å². The predicted molar refractivity (Wildman–Crippen MR) is 119 cm³/mol. The molecule has 2 fully saturated rings. The molecule has 0 spiro atoms. The molecule has 1 aromatic carbocycles. The SMILES string of the molecule is Cc1cc2cc(CN(C[C@H]3CCCO3)C(=O)NC3CCCCC3)c(=O)[nH]c2cc1C. The summed E-state index contributed by atoms with van der Waals surface area (Å²) in [5, 5.41) is 4.20. The van der Waals surface area contributed by atoms with Crippen molar-refractivity contribution in [1.82, 2.24) is 15.2 Å². The van der Waals surface area contributed by atoms with Gasteiger partial charge in [0.2, 0.25) is 0 Å². The molecule has 1 aliphatic carbocycles. The summed E-state index contributed by atoms with van der Waals surface area (Å²) in [7, 11) is 0. The molecule has 1 saturated carbocycles. The van der Waals surface area contributed by atoms with Crippen LogP contribution >= 0.6 is 0 Å². The Hall–Kier alpha value is -2.34. The van der Waals surface area contributed by atoms with Crippen LogP contribution in [0.15, 0.2) is 23.0 Å². The van der Waals surface area contributed by atoms with Crippen molar-refractivity contribution in [2.24, 2.45) is 0 Å². The number of aromatic amines is 1. The highest BCUT2D eigenvalue weighted by atomic mass is 16.5. The molecule has 2 amide bonds. The lowest BCUT2D eigenvalue weighted by atomic mass is 9.96. The minimum absolute atomic E-state index is 0.0477. The largest absolute Gasteiger partial charge is 0.376 e. The molecule has 1 aliphatic heterocycles. The molecule has 4 rings (SSSR count). The number of aromatic nitrogens is 1. The van der Waals surface area contributed by atoms with Gasteiger partial charge in [0.25, 0.3) is 5.56 Å². The van der Waals surface area contributed by atoms with Crippen molar-refractivity contribution in [3.8, 4) is 0 Å². The van der Waals surface area contributed by atoms with Crippen LogP contribution in [-0.2, 0) is 11.3 Å². The molecule has 0 radical (unpaired) electrons. The minimum atomic E-state index is -0.131. The van der Waals surface area contributed by atoms with Crippen molar-refractivity contribution < 1.29 is 9.53 Å². The molecule has 0 unspecified atom stereocenters. The number of carbonyl (C=O) groups is 1. The Bertz CT molecular complexity index is 956. The number of rotatable bonds is 5. The summed E-state index contributed by atoms with van der Waals surface area (Å²) in [6.07, 6.45) is 7.68.